The highest BCUT2D eigenvalue weighted by molar-refractivity contribution is 9.10. The van der Waals surface area contributed by atoms with Crippen LogP contribution in [0.3, 0.4) is 0 Å². The smallest absolute Gasteiger partial charge is 0.244 e. The van der Waals surface area contributed by atoms with Crippen molar-refractivity contribution in [1.82, 2.24) is 10.2 Å². The highest BCUT2D eigenvalue weighted by Gasteiger charge is 2.31. The first-order valence-corrected chi connectivity index (χ1v) is 15.1. The first-order chi connectivity index (χ1) is 17.0. The summed E-state index contributed by atoms with van der Waals surface area (Å²) in [4.78, 5) is 28.2. The molecule has 1 N–H and O–H groups in total. The average Bonchev–Trinajstić information content (AvgIpc) is 2.82. The molecule has 0 heterocycles. The minimum absolute atomic E-state index is 0.0606. The number of nitrogens with zero attached hydrogens (tertiary/aromatic N) is 2. The Morgan fingerprint density at radius 2 is 1.78 bits per heavy atom. The van der Waals surface area contributed by atoms with Gasteiger partial charge in [0.1, 0.15) is 12.6 Å². The molecule has 7 nitrogen and oxygen atoms in total. The summed E-state index contributed by atoms with van der Waals surface area (Å²) < 4.78 is 27.0. The van der Waals surface area contributed by atoms with Crippen molar-refractivity contribution in [1.29, 1.82) is 0 Å². The number of hydrogen-bond donors (Lipinski definition) is 1. The number of anilines is 1. The zero-order valence-corrected chi connectivity index (χ0v) is 24.1. The molecule has 0 radical (unpaired) electrons. The molecule has 0 saturated heterocycles. The van der Waals surface area contributed by atoms with Crippen LogP contribution < -0.4 is 9.62 Å². The van der Waals surface area contributed by atoms with E-state index in [2.05, 4.69) is 21.2 Å². The van der Waals surface area contributed by atoms with E-state index in [9.17, 15) is 18.0 Å². The second-order valence-corrected chi connectivity index (χ2v) is 12.7. The molecule has 2 aromatic rings. The molecule has 3 rings (SSSR count). The van der Waals surface area contributed by atoms with Crippen molar-refractivity contribution >= 4 is 66.7 Å². The van der Waals surface area contributed by atoms with Crippen LogP contribution >= 0.6 is 39.1 Å². The minimum atomic E-state index is -3.79. The quantitative estimate of drug-likeness (QED) is 0.408. The van der Waals surface area contributed by atoms with Gasteiger partial charge < -0.3 is 10.2 Å². The first-order valence-electron chi connectivity index (χ1n) is 11.7. The molecule has 0 aromatic heterocycles. The lowest BCUT2D eigenvalue weighted by atomic mass is 9.95. The van der Waals surface area contributed by atoms with E-state index < -0.39 is 28.5 Å². The van der Waals surface area contributed by atoms with Crippen LogP contribution in [0.2, 0.25) is 10.0 Å². The Balaban J connectivity index is 1.89. The van der Waals surface area contributed by atoms with E-state index in [-0.39, 0.29) is 18.5 Å². The Hall–Kier alpha value is -1.81. The molecule has 2 amide bonds. The fourth-order valence-corrected chi connectivity index (χ4v) is 5.78. The normalized spacial score (nSPS) is 15.2. The maximum Gasteiger partial charge on any atom is 0.244 e. The van der Waals surface area contributed by atoms with E-state index in [1.807, 2.05) is 0 Å². The van der Waals surface area contributed by atoms with Crippen LogP contribution in [0.5, 0.6) is 0 Å². The van der Waals surface area contributed by atoms with Crippen molar-refractivity contribution in [2.24, 2.45) is 0 Å². The Morgan fingerprint density at radius 1 is 1.08 bits per heavy atom. The van der Waals surface area contributed by atoms with Gasteiger partial charge in [-0.25, -0.2) is 8.42 Å². The molecule has 196 valence electrons. The van der Waals surface area contributed by atoms with Crippen LogP contribution in [0.1, 0.15) is 44.6 Å². The number of rotatable bonds is 9. The van der Waals surface area contributed by atoms with Gasteiger partial charge in [0.15, 0.2) is 0 Å². The van der Waals surface area contributed by atoms with Crippen LogP contribution in [-0.2, 0) is 26.2 Å². The Kier molecular flexibility index (Phi) is 10.1. The molecule has 0 bridgehead atoms. The van der Waals surface area contributed by atoms with Crippen molar-refractivity contribution in [3.05, 3.63) is 62.5 Å². The topological polar surface area (TPSA) is 86.8 Å². The fourth-order valence-electron chi connectivity index (χ4n) is 4.23. The zero-order chi connectivity index (χ0) is 26.5. The maximum absolute atomic E-state index is 13.6. The van der Waals surface area contributed by atoms with E-state index in [1.165, 1.54) is 4.90 Å². The van der Waals surface area contributed by atoms with Crippen molar-refractivity contribution in [3.8, 4) is 0 Å². The lowest BCUT2D eigenvalue weighted by Gasteiger charge is -2.33. The lowest BCUT2D eigenvalue weighted by Crippen LogP contribution is -2.52. The fraction of sp³-hybridized carbons (Fsp3) is 0.440. The number of carbonyl (C=O) groups excluding carboxylic acids is 2. The molecule has 1 aliphatic carbocycles. The Labute approximate surface area is 231 Å². The molecule has 11 heteroatoms. The molecular formula is C25H30BrCl2N3O4S. The van der Waals surface area contributed by atoms with Gasteiger partial charge in [-0.15, -0.1) is 0 Å². The minimum Gasteiger partial charge on any atom is -0.352 e. The number of amides is 2. The van der Waals surface area contributed by atoms with Crippen LogP contribution in [0.4, 0.5) is 5.69 Å². The van der Waals surface area contributed by atoms with E-state index in [0.29, 0.717) is 25.8 Å². The van der Waals surface area contributed by atoms with Crippen molar-refractivity contribution in [3.63, 3.8) is 0 Å². The van der Waals surface area contributed by atoms with Gasteiger partial charge in [-0.05, 0) is 55.7 Å². The molecular weight excluding hydrogens is 589 g/mol. The van der Waals surface area contributed by atoms with E-state index in [1.54, 1.807) is 49.4 Å². The predicted octanol–water partition coefficient (Wildman–Crippen LogP) is 5.39. The van der Waals surface area contributed by atoms with E-state index >= 15 is 0 Å². The van der Waals surface area contributed by atoms with Gasteiger partial charge >= 0.3 is 0 Å². The summed E-state index contributed by atoms with van der Waals surface area (Å²) >= 11 is 15.6. The van der Waals surface area contributed by atoms with Gasteiger partial charge in [0.05, 0.1) is 22.0 Å². The Morgan fingerprint density at radius 3 is 2.39 bits per heavy atom. The van der Waals surface area contributed by atoms with Gasteiger partial charge in [-0.1, -0.05) is 70.5 Å². The third-order valence-corrected chi connectivity index (χ3v) is 8.60. The third kappa shape index (κ3) is 7.84. The molecule has 1 fully saturated rings. The van der Waals surface area contributed by atoms with Gasteiger partial charge in [0.25, 0.3) is 0 Å². The maximum atomic E-state index is 13.6. The molecule has 36 heavy (non-hydrogen) atoms. The number of hydrogen-bond acceptors (Lipinski definition) is 4. The van der Waals surface area contributed by atoms with Crippen LogP contribution in [-0.4, -0.2) is 50.0 Å². The largest absolute Gasteiger partial charge is 0.352 e. The van der Waals surface area contributed by atoms with Gasteiger partial charge in [0, 0.05) is 17.1 Å². The van der Waals surface area contributed by atoms with Gasteiger partial charge in [0.2, 0.25) is 21.8 Å². The molecule has 1 aliphatic rings. The SMILES string of the molecule is C[C@H](C(=O)NC1CCCCC1)N(Cc1ccc(Cl)c(Cl)c1)C(=O)CN(c1cccc(Br)c1)S(C)(=O)=O. The summed E-state index contributed by atoms with van der Waals surface area (Å²) in [5.41, 5.74) is 1.01. The molecule has 0 spiro atoms. The molecule has 1 saturated carbocycles. The standard InChI is InChI=1S/C25H30BrCl2N3O4S/c1-17(25(33)29-20-8-4-3-5-9-20)30(15-18-11-12-22(27)23(28)13-18)24(32)16-31(36(2,34)35)21-10-6-7-19(26)14-21/h6-7,10-14,17,20H,3-5,8-9,15-16H2,1-2H3,(H,29,33)/t17-/m1/s1. The summed E-state index contributed by atoms with van der Waals surface area (Å²) in [5.74, 6) is -0.790. The first kappa shape index (κ1) is 28.8. The predicted molar refractivity (Wildman–Crippen MR) is 148 cm³/mol. The van der Waals surface area contributed by atoms with Gasteiger partial charge in [-0.3, -0.25) is 13.9 Å². The van der Waals surface area contributed by atoms with Crippen molar-refractivity contribution < 1.29 is 18.0 Å². The lowest BCUT2D eigenvalue weighted by molar-refractivity contribution is -0.139. The summed E-state index contributed by atoms with van der Waals surface area (Å²) in [6.07, 6.45) is 6.13. The number of halogens is 3. The zero-order valence-electron chi connectivity index (χ0n) is 20.2. The second-order valence-electron chi connectivity index (χ2n) is 9.04. The molecule has 0 aliphatic heterocycles. The van der Waals surface area contributed by atoms with Crippen LogP contribution in [0, 0.1) is 0 Å². The average molecular weight is 619 g/mol. The number of carbonyl (C=O) groups is 2. The summed E-state index contributed by atoms with van der Waals surface area (Å²) in [7, 11) is -3.79. The summed E-state index contributed by atoms with van der Waals surface area (Å²) in [5, 5.41) is 3.77. The summed E-state index contributed by atoms with van der Waals surface area (Å²) in [6, 6.07) is 10.9. The number of nitrogens with one attached hydrogen (secondary N) is 1. The molecule has 1 atom stereocenters. The number of benzene rings is 2. The van der Waals surface area contributed by atoms with Crippen LogP contribution in [0.15, 0.2) is 46.9 Å². The molecule has 2 aromatic carbocycles. The highest BCUT2D eigenvalue weighted by atomic mass is 79.9. The van der Waals surface area contributed by atoms with E-state index in [4.69, 9.17) is 23.2 Å². The highest BCUT2D eigenvalue weighted by Crippen LogP contribution is 2.26. The molecule has 0 unspecified atom stereocenters. The monoisotopic (exact) mass is 617 g/mol. The van der Waals surface area contributed by atoms with Crippen molar-refractivity contribution in [2.45, 2.75) is 57.7 Å². The van der Waals surface area contributed by atoms with Crippen LogP contribution in [0.25, 0.3) is 0 Å². The Bertz CT molecular complexity index is 1210. The van der Waals surface area contributed by atoms with Gasteiger partial charge in [-0.2, -0.15) is 0 Å². The second kappa shape index (κ2) is 12.6. The van der Waals surface area contributed by atoms with E-state index in [0.717, 1.165) is 42.7 Å². The summed E-state index contributed by atoms with van der Waals surface area (Å²) in [6.45, 7) is 1.25. The third-order valence-electron chi connectivity index (χ3n) is 6.23. The number of sulfonamides is 1. The van der Waals surface area contributed by atoms with Crippen molar-refractivity contribution in [2.75, 3.05) is 17.1 Å².